The van der Waals surface area contributed by atoms with Crippen LogP contribution in [0.3, 0.4) is 0 Å². The van der Waals surface area contributed by atoms with Crippen LogP contribution in [0.25, 0.3) is 6.08 Å². The Kier molecular flexibility index (Phi) is 10.6. The molecule has 0 radical (unpaired) electrons. The fourth-order valence-corrected chi connectivity index (χ4v) is 6.78. The van der Waals surface area contributed by atoms with Crippen LogP contribution in [0.1, 0.15) is 79.8 Å². The number of aromatic amines is 1. The minimum absolute atomic E-state index is 0.141. The second kappa shape index (κ2) is 14.2. The molecule has 3 aliphatic rings. The molecule has 1 spiro atoms. The molecular weight excluding hydrogens is 548 g/mol. The first kappa shape index (κ1) is 32.1. The van der Waals surface area contributed by atoms with Crippen LogP contribution in [-0.2, 0) is 11.2 Å². The van der Waals surface area contributed by atoms with E-state index in [9.17, 15) is 20.4 Å². The number of hydrogen-bond donors (Lipinski definition) is 6. The van der Waals surface area contributed by atoms with Gasteiger partial charge in [-0.1, -0.05) is 44.2 Å². The zero-order valence-corrected chi connectivity index (χ0v) is 25.8. The molecule has 0 amide bonds. The van der Waals surface area contributed by atoms with E-state index in [1.54, 1.807) is 0 Å². The minimum Gasteiger partial charge on any atom is -0.443 e. The molecule has 1 aromatic carbocycles. The van der Waals surface area contributed by atoms with E-state index in [1.807, 2.05) is 0 Å². The lowest BCUT2D eigenvalue weighted by atomic mass is 9.71. The predicted octanol–water partition coefficient (Wildman–Crippen LogP) is 2.48. The van der Waals surface area contributed by atoms with Crippen LogP contribution < -0.4 is 10.1 Å². The smallest absolute Gasteiger partial charge is 0.238 e. The average Bonchev–Trinajstić information content (AvgIpc) is 3.40. The Morgan fingerprint density at radius 1 is 1.09 bits per heavy atom. The molecule has 0 bridgehead atoms. The van der Waals surface area contributed by atoms with E-state index in [0.29, 0.717) is 11.8 Å². The van der Waals surface area contributed by atoms with Crippen molar-refractivity contribution in [2.75, 3.05) is 39.3 Å². The summed E-state index contributed by atoms with van der Waals surface area (Å²) in [6.45, 7) is 11.6. The number of hydrogen-bond acceptors (Lipinski definition) is 9. The summed E-state index contributed by atoms with van der Waals surface area (Å²) in [5.41, 5.74) is 5.79. The third-order valence-corrected chi connectivity index (χ3v) is 9.75. The van der Waals surface area contributed by atoms with Gasteiger partial charge in [0, 0.05) is 24.2 Å². The second-order valence-corrected chi connectivity index (χ2v) is 13.0. The van der Waals surface area contributed by atoms with Crippen molar-refractivity contribution < 1.29 is 29.9 Å². The van der Waals surface area contributed by atoms with Crippen LogP contribution in [0.15, 0.2) is 24.3 Å². The molecule has 2 aromatic rings. The number of ether oxygens (including phenoxy) is 2. The molecule has 10 nitrogen and oxygen atoms in total. The van der Waals surface area contributed by atoms with Crippen LogP contribution in [0.2, 0.25) is 0 Å². The van der Waals surface area contributed by atoms with Gasteiger partial charge >= 0.3 is 0 Å². The van der Waals surface area contributed by atoms with Gasteiger partial charge in [0.05, 0.1) is 6.61 Å². The number of aryl methyl sites for hydroxylation is 1. The summed E-state index contributed by atoms with van der Waals surface area (Å²) in [4.78, 5) is 2.62. The van der Waals surface area contributed by atoms with Crippen LogP contribution in [0.5, 0.6) is 5.88 Å². The van der Waals surface area contributed by atoms with E-state index < -0.39 is 37.3 Å². The van der Waals surface area contributed by atoms with E-state index >= 15 is 0 Å². The van der Waals surface area contributed by atoms with Gasteiger partial charge in [0.1, 0.15) is 24.4 Å². The van der Waals surface area contributed by atoms with Crippen molar-refractivity contribution in [2.24, 2.45) is 5.41 Å². The minimum atomic E-state index is -1.52. The van der Waals surface area contributed by atoms with Crippen molar-refractivity contribution in [1.82, 2.24) is 20.4 Å². The zero-order valence-electron chi connectivity index (χ0n) is 25.8. The van der Waals surface area contributed by atoms with Crippen molar-refractivity contribution in [2.45, 2.75) is 95.9 Å². The molecule has 0 aliphatic carbocycles. The molecule has 238 valence electrons. The van der Waals surface area contributed by atoms with E-state index in [4.69, 9.17) is 9.47 Å². The Balaban J connectivity index is 1.19. The van der Waals surface area contributed by atoms with Crippen molar-refractivity contribution in [3.05, 3.63) is 52.2 Å². The normalized spacial score (nSPS) is 28.2. The first-order valence-electron chi connectivity index (χ1n) is 15.9. The van der Waals surface area contributed by atoms with Gasteiger partial charge in [-0.05, 0) is 93.2 Å². The Bertz CT molecular complexity index is 1210. The summed E-state index contributed by atoms with van der Waals surface area (Å²) in [5.74, 6) is 0.405. The molecule has 0 unspecified atom stereocenters. The number of aliphatic hydroxyl groups excluding tert-OH is 4. The van der Waals surface area contributed by atoms with E-state index in [2.05, 4.69) is 71.5 Å². The maximum atomic E-state index is 10.5. The molecule has 4 heterocycles. The second-order valence-electron chi connectivity index (χ2n) is 13.0. The van der Waals surface area contributed by atoms with Gasteiger partial charge in [-0.2, -0.15) is 0 Å². The molecule has 0 saturated carbocycles. The first-order chi connectivity index (χ1) is 20.7. The van der Waals surface area contributed by atoms with Gasteiger partial charge in [-0.25, -0.2) is 0 Å². The van der Waals surface area contributed by atoms with Gasteiger partial charge in [0.25, 0.3) is 0 Å². The number of likely N-dealkylation sites (tertiary alicyclic amines) is 1. The summed E-state index contributed by atoms with van der Waals surface area (Å²) < 4.78 is 11.5. The molecule has 10 heteroatoms. The molecule has 43 heavy (non-hydrogen) atoms. The molecule has 3 aliphatic heterocycles. The van der Waals surface area contributed by atoms with Gasteiger partial charge in [-0.15, -0.1) is 5.10 Å². The fourth-order valence-electron chi connectivity index (χ4n) is 6.78. The number of H-pyrrole nitrogens is 1. The number of benzene rings is 1. The summed E-state index contributed by atoms with van der Waals surface area (Å²) >= 11 is 0. The Morgan fingerprint density at radius 2 is 1.84 bits per heavy atom. The zero-order chi connectivity index (χ0) is 30.6. The summed E-state index contributed by atoms with van der Waals surface area (Å²) in [6.07, 6.45) is 4.62. The third-order valence-electron chi connectivity index (χ3n) is 9.75. The maximum Gasteiger partial charge on any atom is 0.238 e. The van der Waals surface area contributed by atoms with Gasteiger partial charge < -0.3 is 40.1 Å². The standard InChI is InChI=1S/C33H50N4O6/c1-21(2)27-25(31(36-35-27)43-32-30(41)29(40)28(39)26(20-38)42-32)19-24-8-7-23(18-22(24)3)6-4-5-15-37-16-11-33(12-17-37)9-13-34-14-10-33/h4,6-8,18,21,26,28-30,32,34,38-41H,5,9-17,19-20H2,1-3H3,(H,35,36)/b6-4+/t26-,28-,29+,30-,32-/m1/s1. The number of piperidine rings is 2. The molecule has 3 saturated heterocycles. The van der Waals surface area contributed by atoms with Crippen LogP contribution >= 0.6 is 0 Å². The first-order valence-corrected chi connectivity index (χ1v) is 15.9. The lowest BCUT2D eigenvalue weighted by molar-refractivity contribution is -0.278. The Morgan fingerprint density at radius 3 is 2.51 bits per heavy atom. The molecule has 5 rings (SSSR count). The van der Waals surface area contributed by atoms with Crippen molar-refractivity contribution in [3.8, 4) is 5.88 Å². The summed E-state index contributed by atoms with van der Waals surface area (Å²) in [5, 5.41) is 51.2. The highest BCUT2D eigenvalue weighted by molar-refractivity contribution is 5.52. The van der Waals surface area contributed by atoms with Crippen molar-refractivity contribution in [3.63, 3.8) is 0 Å². The number of rotatable bonds is 10. The fraction of sp³-hybridized carbons (Fsp3) is 0.667. The van der Waals surface area contributed by atoms with Gasteiger partial charge in [0.15, 0.2) is 0 Å². The van der Waals surface area contributed by atoms with E-state index in [-0.39, 0.29) is 11.8 Å². The highest BCUT2D eigenvalue weighted by atomic mass is 16.7. The van der Waals surface area contributed by atoms with Crippen LogP contribution in [0, 0.1) is 12.3 Å². The lowest BCUT2D eigenvalue weighted by Gasteiger charge is -2.44. The SMILES string of the molecule is Cc1cc(/C=C/CCN2CCC3(CCNCC3)CC2)ccc1Cc1c(O[C@H]2O[C@H](CO)[C@@H](O)[C@H](O)[C@H]2O)n[nH]c1C(C)C. The Labute approximate surface area is 255 Å². The Hall–Kier alpha value is -2.31. The highest BCUT2D eigenvalue weighted by Crippen LogP contribution is 2.39. The number of aromatic nitrogens is 2. The molecular formula is C33H50N4O6. The van der Waals surface area contributed by atoms with Crippen LogP contribution in [0.4, 0.5) is 0 Å². The summed E-state index contributed by atoms with van der Waals surface area (Å²) in [6, 6.07) is 6.46. The van der Waals surface area contributed by atoms with Gasteiger partial charge in [-0.3, -0.25) is 5.10 Å². The summed E-state index contributed by atoms with van der Waals surface area (Å²) in [7, 11) is 0. The lowest BCUT2D eigenvalue weighted by Crippen LogP contribution is -2.60. The monoisotopic (exact) mass is 598 g/mol. The predicted molar refractivity (Wildman–Crippen MR) is 165 cm³/mol. The largest absolute Gasteiger partial charge is 0.443 e. The third kappa shape index (κ3) is 7.50. The van der Waals surface area contributed by atoms with E-state index in [0.717, 1.165) is 35.3 Å². The van der Waals surface area contributed by atoms with Crippen molar-refractivity contribution >= 4 is 6.08 Å². The molecule has 1 aromatic heterocycles. The van der Waals surface area contributed by atoms with Crippen molar-refractivity contribution in [1.29, 1.82) is 0 Å². The highest BCUT2D eigenvalue weighted by Gasteiger charge is 2.45. The average molecular weight is 599 g/mol. The molecule has 6 N–H and O–H groups in total. The number of nitrogens with zero attached hydrogens (tertiary/aromatic N) is 2. The quantitative estimate of drug-likeness (QED) is 0.243. The molecule has 3 fully saturated rings. The molecule has 5 atom stereocenters. The number of nitrogens with one attached hydrogen (secondary N) is 2. The topological polar surface area (TPSA) is 143 Å². The maximum absolute atomic E-state index is 10.5. The van der Waals surface area contributed by atoms with Gasteiger partial charge in [0.2, 0.25) is 12.2 Å². The van der Waals surface area contributed by atoms with E-state index in [1.165, 1.54) is 57.4 Å². The number of aliphatic hydroxyl groups is 4. The van der Waals surface area contributed by atoms with Crippen LogP contribution in [-0.4, -0.2) is 106 Å².